The smallest absolute Gasteiger partial charge is 0.427 e. The quantitative estimate of drug-likeness (QED) is 0.546. The molecule has 5 nitrogen and oxygen atoms in total. The van der Waals surface area contributed by atoms with Gasteiger partial charge in [0.15, 0.2) is 0 Å². The highest BCUT2D eigenvalue weighted by molar-refractivity contribution is 5.81. The van der Waals surface area contributed by atoms with Crippen molar-refractivity contribution in [3.8, 4) is 5.75 Å². The van der Waals surface area contributed by atoms with E-state index in [1.54, 1.807) is 18.2 Å². The van der Waals surface area contributed by atoms with Crippen LogP contribution in [0.25, 0.3) is 0 Å². The number of hydrazone groups is 1. The fourth-order valence-corrected chi connectivity index (χ4v) is 0.810. The zero-order valence-corrected chi connectivity index (χ0v) is 7.60. The molecule has 0 radical (unpaired) electrons. The number of hydrogen-bond acceptors (Lipinski definition) is 4. The first-order valence-corrected chi connectivity index (χ1v) is 3.88. The number of aromatic hydroxyl groups is 1. The van der Waals surface area contributed by atoms with Gasteiger partial charge >= 0.3 is 6.09 Å². The van der Waals surface area contributed by atoms with Crippen LogP contribution in [0.5, 0.6) is 5.75 Å². The Bertz CT molecular complexity index is 350. The van der Waals surface area contributed by atoms with E-state index in [0.29, 0.717) is 5.56 Å². The summed E-state index contributed by atoms with van der Waals surface area (Å²) in [6.07, 6.45) is 0.762. The Morgan fingerprint density at radius 1 is 1.64 bits per heavy atom. The predicted octanol–water partition coefficient (Wildman–Crippen LogP) is 1.08. The summed E-state index contributed by atoms with van der Waals surface area (Å²) in [5.74, 6) is 0.145. The monoisotopic (exact) mass is 194 g/mol. The number of nitrogens with one attached hydrogen (secondary N) is 1. The number of benzene rings is 1. The van der Waals surface area contributed by atoms with E-state index in [-0.39, 0.29) is 5.75 Å². The third-order valence-electron chi connectivity index (χ3n) is 1.43. The van der Waals surface area contributed by atoms with E-state index >= 15 is 0 Å². The number of phenols is 1. The number of rotatable bonds is 2. The second-order valence-corrected chi connectivity index (χ2v) is 2.46. The molecule has 1 rings (SSSR count). The summed E-state index contributed by atoms with van der Waals surface area (Å²) in [6.45, 7) is 0. The van der Waals surface area contributed by atoms with E-state index in [0.717, 1.165) is 0 Å². The summed E-state index contributed by atoms with van der Waals surface area (Å²) in [5.41, 5.74) is 2.81. The van der Waals surface area contributed by atoms with Crippen molar-refractivity contribution in [1.82, 2.24) is 5.43 Å². The van der Waals surface area contributed by atoms with Crippen molar-refractivity contribution in [2.75, 3.05) is 7.11 Å². The largest absolute Gasteiger partial charge is 0.508 e. The van der Waals surface area contributed by atoms with Gasteiger partial charge in [-0.05, 0) is 17.7 Å². The maximum absolute atomic E-state index is 10.6. The lowest BCUT2D eigenvalue weighted by Crippen LogP contribution is -2.16. The minimum absolute atomic E-state index is 0.145. The van der Waals surface area contributed by atoms with Gasteiger partial charge in [0, 0.05) is 0 Å². The molecular weight excluding hydrogens is 184 g/mol. The summed E-state index contributed by atoms with van der Waals surface area (Å²) in [7, 11) is 1.25. The molecule has 0 saturated heterocycles. The second kappa shape index (κ2) is 4.86. The van der Waals surface area contributed by atoms with Crippen LogP contribution in [0, 0.1) is 0 Å². The molecule has 1 aromatic carbocycles. The standard InChI is InChI=1S/C9H10N2O3/c1-14-9(13)11-10-6-7-3-2-4-8(12)5-7/h2-6,12H,1H3,(H,11,13)/b10-6+. The maximum Gasteiger partial charge on any atom is 0.427 e. The van der Waals surface area contributed by atoms with Crippen molar-refractivity contribution < 1.29 is 14.6 Å². The Kier molecular flexibility index (Phi) is 3.49. The second-order valence-electron chi connectivity index (χ2n) is 2.46. The highest BCUT2D eigenvalue weighted by Gasteiger charge is 1.93. The number of carbonyl (C=O) groups is 1. The van der Waals surface area contributed by atoms with Gasteiger partial charge in [-0.3, -0.25) is 0 Å². The summed E-state index contributed by atoms with van der Waals surface area (Å²) in [6, 6.07) is 6.48. The highest BCUT2D eigenvalue weighted by atomic mass is 16.5. The molecule has 0 atom stereocenters. The first-order chi connectivity index (χ1) is 6.72. The fraction of sp³-hybridized carbons (Fsp3) is 0.111. The summed E-state index contributed by atoms with van der Waals surface area (Å²) in [4.78, 5) is 10.6. The number of carbonyl (C=O) groups excluding carboxylic acids is 1. The average molecular weight is 194 g/mol. The minimum Gasteiger partial charge on any atom is -0.508 e. The lowest BCUT2D eigenvalue weighted by Gasteiger charge is -1.96. The van der Waals surface area contributed by atoms with Crippen molar-refractivity contribution in [3.63, 3.8) is 0 Å². The van der Waals surface area contributed by atoms with Crippen LogP contribution in [0.1, 0.15) is 5.56 Å². The van der Waals surface area contributed by atoms with E-state index in [4.69, 9.17) is 5.11 Å². The van der Waals surface area contributed by atoms with Crippen LogP contribution < -0.4 is 5.43 Å². The number of amides is 1. The van der Waals surface area contributed by atoms with Crippen LogP contribution in [-0.4, -0.2) is 24.5 Å². The zero-order valence-electron chi connectivity index (χ0n) is 7.60. The van der Waals surface area contributed by atoms with Crippen LogP contribution in [0.3, 0.4) is 0 Å². The molecule has 1 aromatic rings. The Hall–Kier alpha value is -2.04. The topological polar surface area (TPSA) is 70.9 Å². The molecule has 0 fully saturated rings. The van der Waals surface area contributed by atoms with Crippen molar-refractivity contribution in [3.05, 3.63) is 29.8 Å². The van der Waals surface area contributed by atoms with Crippen molar-refractivity contribution >= 4 is 12.3 Å². The number of phenolic OH excluding ortho intramolecular Hbond substituents is 1. The molecule has 0 aromatic heterocycles. The fourth-order valence-electron chi connectivity index (χ4n) is 0.810. The van der Waals surface area contributed by atoms with Crippen molar-refractivity contribution in [1.29, 1.82) is 0 Å². The third-order valence-corrected chi connectivity index (χ3v) is 1.43. The van der Waals surface area contributed by atoms with E-state index in [2.05, 4.69) is 15.3 Å². The first kappa shape index (κ1) is 10.0. The Morgan fingerprint density at radius 2 is 2.43 bits per heavy atom. The normalized spacial score (nSPS) is 10.1. The van der Waals surface area contributed by atoms with E-state index in [9.17, 15) is 4.79 Å². The number of ether oxygens (including phenoxy) is 1. The van der Waals surface area contributed by atoms with Crippen LogP contribution in [0.15, 0.2) is 29.4 Å². The molecule has 0 heterocycles. The van der Waals surface area contributed by atoms with E-state index in [1.807, 2.05) is 0 Å². The molecule has 2 N–H and O–H groups in total. The van der Waals surface area contributed by atoms with Gasteiger partial charge in [-0.2, -0.15) is 5.10 Å². The molecule has 74 valence electrons. The van der Waals surface area contributed by atoms with Gasteiger partial charge in [-0.1, -0.05) is 12.1 Å². The van der Waals surface area contributed by atoms with Gasteiger partial charge in [-0.15, -0.1) is 0 Å². The van der Waals surface area contributed by atoms with Crippen LogP contribution in [0.2, 0.25) is 0 Å². The molecule has 14 heavy (non-hydrogen) atoms. The Balaban J connectivity index is 2.56. The van der Waals surface area contributed by atoms with Gasteiger partial charge in [0.2, 0.25) is 0 Å². The minimum atomic E-state index is -0.638. The third kappa shape index (κ3) is 3.14. The summed E-state index contributed by atoms with van der Waals surface area (Å²) < 4.78 is 4.30. The van der Waals surface area contributed by atoms with Crippen molar-refractivity contribution in [2.24, 2.45) is 5.10 Å². The SMILES string of the molecule is COC(=O)N/N=C/c1cccc(O)c1. The van der Waals surface area contributed by atoms with Gasteiger partial charge in [0.25, 0.3) is 0 Å². The van der Waals surface area contributed by atoms with Crippen molar-refractivity contribution in [2.45, 2.75) is 0 Å². The Morgan fingerprint density at radius 3 is 3.07 bits per heavy atom. The Labute approximate surface area is 81.0 Å². The van der Waals surface area contributed by atoms with Crippen LogP contribution in [0.4, 0.5) is 4.79 Å². The van der Waals surface area contributed by atoms with Gasteiger partial charge in [0.05, 0.1) is 13.3 Å². The van der Waals surface area contributed by atoms with Gasteiger partial charge in [-0.25, -0.2) is 10.2 Å². The molecule has 0 aliphatic heterocycles. The predicted molar refractivity (Wildman–Crippen MR) is 51.2 cm³/mol. The lowest BCUT2D eigenvalue weighted by molar-refractivity contribution is 0.171. The molecule has 0 aliphatic carbocycles. The van der Waals surface area contributed by atoms with Crippen LogP contribution >= 0.6 is 0 Å². The zero-order chi connectivity index (χ0) is 10.4. The highest BCUT2D eigenvalue weighted by Crippen LogP contribution is 2.08. The van der Waals surface area contributed by atoms with Gasteiger partial charge < -0.3 is 9.84 Å². The molecule has 0 unspecified atom stereocenters. The lowest BCUT2D eigenvalue weighted by atomic mass is 10.2. The molecule has 0 aliphatic rings. The van der Waals surface area contributed by atoms with Gasteiger partial charge in [0.1, 0.15) is 5.75 Å². The molecule has 0 saturated carbocycles. The molecular formula is C9H10N2O3. The van der Waals surface area contributed by atoms with E-state index < -0.39 is 6.09 Å². The van der Waals surface area contributed by atoms with E-state index in [1.165, 1.54) is 19.4 Å². The summed E-state index contributed by atoms with van der Waals surface area (Å²) >= 11 is 0. The molecule has 0 spiro atoms. The van der Waals surface area contributed by atoms with Crippen LogP contribution in [-0.2, 0) is 4.74 Å². The molecule has 0 bridgehead atoms. The average Bonchev–Trinajstić information content (AvgIpc) is 2.17. The first-order valence-electron chi connectivity index (χ1n) is 3.88. The number of nitrogens with zero attached hydrogens (tertiary/aromatic N) is 1. The maximum atomic E-state index is 10.6. The molecule has 5 heteroatoms. The summed E-state index contributed by atoms with van der Waals surface area (Å²) in [5, 5.41) is 12.7. The number of hydrogen-bond donors (Lipinski definition) is 2. The molecule has 1 amide bonds. The number of methoxy groups -OCH3 is 1.